The fraction of sp³-hybridized carbons (Fsp3) is 0.250. The van der Waals surface area contributed by atoms with Crippen LogP contribution in [0.4, 0.5) is 11.8 Å². The first kappa shape index (κ1) is 12.6. The lowest BCUT2D eigenvalue weighted by atomic mass is 9.81. The Morgan fingerprint density at radius 2 is 1.67 bits per heavy atom. The van der Waals surface area contributed by atoms with Crippen LogP contribution in [0.1, 0.15) is 25.1 Å². The van der Waals surface area contributed by atoms with Gasteiger partial charge < -0.3 is 11.5 Å². The average Bonchev–Trinajstić information content (AvgIpc) is 2.29. The van der Waals surface area contributed by atoms with Crippen LogP contribution in [0.3, 0.4) is 0 Å². The number of nitrogens with zero attached hydrogens (tertiary/aromatic N) is 3. The summed E-state index contributed by atoms with van der Waals surface area (Å²) in [5.41, 5.74) is 12.5. The van der Waals surface area contributed by atoms with E-state index in [4.69, 9.17) is 23.1 Å². The van der Waals surface area contributed by atoms with Gasteiger partial charge in [-0.15, -0.1) is 10.2 Å². The number of nitrogens with two attached hydrogens (primary N) is 2. The molecule has 6 heteroatoms. The summed E-state index contributed by atoms with van der Waals surface area (Å²) in [6.07, 6.45) is 0. The molecule has 94 valence electrons. The van der Waals surface area contributed by atoms with Gasteiger partial charge in [0, 0.05) is 10.4 Å². The van der Waals surface area contributed by atoms with Gasteiger partial charge >= 0.3 is 0 Å². The summed E-state index contributed by atoms with van der Waals surface area (Å²) in [5, 5.41) is 8.50. The summed E-state index contributed by atoms with van der Waals surface area (Å²) in [6, 6.07) is 7.51. The summed E-state index contributed by atoms with van der Waals surface area (Å²) in [5.74, 6) is 0.366. The fourth-order valence-corrected chi connectivity index (χ4v) is 1.93. The molecule has 1 aromatic carbocycles. The molecule has 0 spiro atoms. The van der Waals surface area contributed by atoms with Crippen molar-refractivity contribution >= 4 is 23.4 Å². The number of hydrogen-bond donors (Lipinski definition) is 2. The van der Waals surface area contributed by atoms with E-state index >= 15 is 0 Å². The molecule has 0 aliphatic heterocycles. The normalized spacial score (nSPS) is 11.5. The van der Waals surface area contributed by atoms with Crippen LogP contribution in [-0.2, 0) is 5.41 Å². The van der Waals surface area contributed by atoms with Crippen LogP contribution in [0.25, 0.3) is 0 Å². The van der Waals surface area contributed by atoms with E-state index in [0.29, 0.717) is 16.5 Å². The Morgan fingerprint density at radius 3 is 2.22 bits per heavy atom. The quantitative estimate of drug-likeness (QED) is 0.865. The van der Waals surface area contributed by atoms with Crippen LogP contribution in [0.2, 0.25) is 5.02 Å². The number of anilines is 2. The van der Waals surface area contributed by atoms with Gasteiger partial charge in [0.25, 0.3) is 0 Å². The summed E-state index contributed by atoms with van der Waals surface area (Å²) >= 11 is 5.88. The maximum atomic E-state index is 5.88. The Morgan fingerprint density at radius 1 is 1.06 bits per heavy atom. The lowest BCUT2D eigenvalue weighted by Gasteiger charge is -2.24. The third kappa shape index (κ3) is 2.22. The molecule has 0 aliphatic carbocycles. The van der Waals surface area contributed by atoms with E-state index in [0.717, 1.165) is 5.56 Å². The summed E-state index contributed by atoms with van der Waals surface area (Å²) in [6.45, 7) is 3.99. The first-order chi connectivity index (χ1) is 8.41. The van der Waals surface area contributed by atoms with Gasteiger partial charge in [0.1, 0.15) is 5.69 Å². The molecule has 0 radical (unpaired) electrons. The molecule has 1 heterocycles. The zero-order valence-corrected chi connectivity index (χ0v) is 10.9. The van der Waals surface area contributed by atoms with Crippen LogP contribution in [0, 0.1) is 0 Å². The highest BCUT2D eigenvalue weighted by molar-refractivity contribution is 6.30. The van der Waals surface area contributed by atoms with E-state index in [2.05, 4.69) is 15.2 Å². The minimum atomic E-state index is -0.414. The molecule has 4 N–H and O–H groups in total. The Bertz CT molecular complexity index is 565. The van der Waals surface area contributed by atoms with Gasteiger partial charge in [-0.25, -0.2) is 0 Å². The molecule has 0 saturated carbocycles. The van der Waals surface area contributed by atoms with Crippen molar-refractivity contribution in [3.05, 3.63) is 40.5 Å². The minimum Gasteiger partial charge on any atom is -0.382 e. The third-order valence-corrected chi connectivity index (χ3v) is 3.14. The van der Waals surface area contributed by atoms with Crippen molar-refractivity contribution in [2.45, 2.75) is 19.3 Å². The van der Waals surface area contributed by atoms with Crippen molar-refractivity contribution in [2.75, 3.05) is 11.5 Å². The lowest BCUT2D eigenvalue weighted by Crippen LogP contribution is -2.24. The van der Waals surface area contributed by atoms with E-state index in [1.165, 1.54) is 0 Å². The Hall–Kier alpha value is -1.88. The van der Waals surface area contributed by atoms with Gasteiger partial charge in [-0.2, -0.15) is 4.98 Å². The lowest BCUT2D eigenvalue weighted by molar-refractivity contribution is 0.603. The van der Waals surface area contributed by atoms with Crippen LogP contribution < -0.4 is 11.5 Å². The fourth-order valence-electron chi connectivity index (χ4n) is 1.80. The Labute approximate surface area is 110 Å². The van der Waals surface area contributed by atoms with Crippen molar-refractivity contribution in [3.63, 3.8) is 0 Å². The molecule has 18 heavy (non-hydrogen) atoms. The summed E-state index contributed by atoms with van der Waals surface area (Å²) in [7, 11) is 0. The molecular weight excluding hydrogens is 250 g/mol. The number of benzene rings is 1. The number of rotatable bonds is 2. The first-order valence-electron chi connectivity index (χ1n) is 5.43. The number of hydrogen-bond acceptors (Lipinski definition) is 5. The largest absolute Gasteiger partial charge is 0.382 e. The Balaban J connectivity index is 2.50. The number of halogens is 1. The molecule has 2 aromatic rings. The predicted octanol–water partition coefficient (Wildman–Crippen LogP) is 2.02. The van der Waals surface area contributed by atoms with E-state index < -0.39 is 5.41 Å². The monoisotopic (exact) mass is 263 g/mol. The van der Waals surface area contributed by atoms with Gasteiger partial charge in [-0.05, 0) is 31.5 Å². The van der Waals surface area contributed by atoms with E-state index in [1.54, 1.807) is 0 Å². The molecule has 0 fully saturated rings. The topological polar surface area (TPSA) is 90.7 Å². The van der Waals surface area contributed by atoms with Crippen molar-refractivity contribution < 1.29 is 0 Å². The average molecular weight is 264 g/mol. The molecule has 5 nitrogen and oxygen atoms in total. The molecule has 0 bridgehead atoms. The molecule has 0 amide bonds. The first-order valence-corrected chi connectivity index (χ1v) is 5.81. The van der Waals surface area contributed by atoms with Crippen molar-refractivity contribution in [2.24, 2.45) is 0 Å². The highest BCUT2D eigenvalue weighted by atomic mass is 35.5. The van der Waals surface area contributed by atoms with Gasteiger partial charge in [0.15, 0.2) is 5.82 Å². The van der Waals surface area contributed by atoms with Crippen LogP contribution in [-0.4, -0.2) is 15.2 Å². The van der Waals surface area contributed by atoms with Crippen molar-refractivity contribution in [1.29, 1.82) is 0 Å². The van der Waals surface area contributed by atoms with E-state index in [-0.39, 0.29) is 5.95 Å². The van der Waals surface area contributed by atoms with Gasteiger partial charge in [-0.1, -0.05) is 23.7 Å². The molecule has 1 aromatic heterocycles. The van der Waals surface area contributed by atoms with Gasteiger partial charge in [0.2, 0.25) is 5.95 Å². The van der Waals surface area contributed by atoms with Crippen LogP contribution in [0.15, 0.2) is 24.3 Å². The Kier molecular flexibility index (Phi) is 3.09. The predicted molar refractivity (Wildman–Crippen MR) is 72.2 cm³/mol. The molecule has 2 rings (SSSR count). The van der Waals surface area contributed by atoms with Gasteiger partial charge in [0.05, 0.1) is 0 Å². The van der Waals surface area contributed by atoms with Crippen molar-refractivity contribution in [1.82, 2.24) is 15.2 Å². The zero-order valence-electron chi connectivity index (χ0n) is 10.2. The summed E-state index contributed by atoms with van der Waals surface area (Å²) in [4.78, 5) is 3.94. The maximum Gasteiger partial charge on any atom is 0.242 e. The number of aromatic nitrogens is 3. The standard InChI is InChI=1S/C12H14ClN5/c1-12(2,7-3-5-8(13)6-4-7)9-10(14)16-11(15)18-17-9/h3-6H,1-2H3,(H4,14,15,16,18). The molecular formula is C12H14ClN5. The molecule has 0 aliphatic rings. The minimum absolute atomic E-state index is 0.0724. The van der Waals surface area contributed by atoms with E-state index in [9.17, 15) is 0 Å². The van der Waals surface area contributed by atoms with E-state index in [1.807, 2.05) is 38.1 Å². The van der Waals surface area contributed by atoms with Crippen molar-refractivity contribution in [3.8, 4) is 0 Å². The second-order valence-electron chi connectivity index (χ2n) is 4.54. The second kappa shape index (κ2) is 4.42. The highest BCUT2D eigenvalue weighted by Crippen LogP contribution is 2.32. The van der Waals surface area contributed by atoms with Gasteiger partial charge in [-0.3, -0.25) is 0 Å². The smallest absolute Gasteiger partial charge is 0.242 e. The van der Waals surface area contributed by atoms with Crippen LogP contribution in [0.5, 0.6) is 0 Å². The highest BCUT2D eigenvalue weighted by Gasteiger charge is 2.28. The molecule has 0 unspecified atom stereocenters. The SMILES string of the molecule is CC(C)(c1ccc(Cl)cc1)c1nnc(N)nc1N. The second-order valence-corrected chi connectivity index (χ2v) is 4.97. The maximum absolute atomic E-state index is 5.88. The number of nitrogen functional groups attached to an aromatic ring is 2. The van der Waals surface area contributed by atoms with Crippen LogP contribution >= 0.6 is 11.6 Å². The molecule has 0 saturated heterocycles. The summed E-state index contributed by atoms with van der Waals surface area (Å²) < 4.78 is 0. The zero-order chi connectivity index (χ0) is 13.3. The third-order valence-electron chi connectivity index (χ3n) is 2.89. The molecule has 0 atom stereocenters.